The summed E-state index contributed by atoms with van der Waals surface area (Å²) in [6, 6.07) is 14.7. The minimum absolute atomic E-state index is 0.0258. The normalized spacial score (nSPS) is 16.9. The van der Waals surface area contributed by atoms with E-state index >= 15 is 0 Å². The highest BCUT2D eigenvalue weighted by Crippen LogP contribution is 2.26. The van der Waals surface area contributed by atoms with Crippen LogP contribution in [0.25, 0.3) is 11.0 Å². The zero-order valence-electron chi connectivity index (χ0n) is 15.7. The summed E-state index contributed by atoms with van der Waals surface area (Å²) in [5.74, 6) is 0.303. The van der Waals surface area contributed by atoms with Gasteiger partial charge in [0.1, 0.15) is 23.3 Å². The summed E-state index contributed by atoms with van der Waals surface area (Å²) in [5.41, 5.74) is 2.10. The van der Waals surface area contributed by atoms with Gasteiger partial charge in [-0.2, -0.15) is 15.0 Å². The van der Waals surface area contributed by atoms with Crippen molar-refractivity contribution in [3.8, 4) is 5.75 Å². The Bertz CT molecular complexity index is 981. The number of para-hydroxylation sites is 1. The van der Waals surface area contributed by atoms with Gasteiger partial charge in [0.05, 0.1) is 12.7 Å². The van der Waals surface area contributed by atoms with Crippen molar-refractivity contribution < 1.29 is 14.3 Å². The fraction of sp³-hybridized carbons (Fsp3) is 0.333. The van der Waals surface area contributed by atoms with E-state index in [0.717, 1.165) is 23.9 Å². The molecule has 0 N–H and O–H groups in total. The molecule has 3 aromatic rings. The Balaban J connectivity index is 1.45. The number of piperidine rings is 1. The highest BCUT2D eigenvalue weighted by molar-refractivity contribution is 6.00. The van der Waals surface area contributed by atoms with E-state index in [0.29, 0.717) is 24.4 Å². The lowest BCUT2D eigenvalue weighted by Gasteiger charge is -2.32. The predicted molar refractivity (Wildman–Crippen MR) is 104 cm³/mol. The van der Waals surface area contributed by atoms with E-state index in [9.17, 15) is 9.59 Å². The van der Waals surface area contributed by atoms with Crippen LogP contribution in [0, 0.1) is 5.92 Å². The number of hydrogen-bond acceptors (Lipinski definition) is 5. The molecule has 0 saturated carbocycles. The summed E-state index contributed by atoms with van der Waals surface area (Å²) in [7, 11) is 1.56. The quantitative estimate of drug-likeness (QED) is 0.638. The summed E-state index contributed by atoms with van der Waals surface area (Å²) in [4.78, 5) is 28.9. The molecule has 1 amide bonds. The number of rotatable bonds is 5. The molecule has 2 aromatic carbocycles. The topological polar surface area (TPSA) is 77.3 Å². The van der Waals surface area contributed by atoms with Gasteiger partial charge in [0.15, 0.2) is 5.78 Å². The molecule has 144 valence electrons. The van der Waals surface area contributed by atoms with Gasteiger partial charge in [-0.3, -0.25) is 9.59 Å². The molecule has 1 saturated heterocycles. The lowest BCUT2D eigenvalue weighted by Crippen LogP contribution is -2.44. The Kier molecular flexibility index (Phi) is 5.06. The van der Waals surface area contributed by atoms with Gasteiger partial charge in [-0.05, 0) is 37.1 Å². The molecular formula is C21H22N4O3. The zero-order valence-corrected chi connectivity index (χ0v) is 15.7. The largest absolute Gasteiger partial charge is 0.496 e. The van der Waals surface area contributed by atoms with E-state index in [2.05, 4.69) is 10.2 Å². The smallest absolute Gasteiger partial charge is 0.246 e. The Morgan fingerprint density at radius 3 is 2.46 bits per heavy atom. The number of nitrogens with zero attached hydrogens (tertiary/aromatic N) is 4. The minimum Gasteiger partial charge on any atom is -0.496 e. The van der Waals surface area contributed by atoms with E-state index in [1.807, 2.05) is 36.4 Å². The molecule has 7 nitrogen and oxygen atoms in total. The lowest BCUT2D eigenvalue weighted by atomic mass is 9.89. The average molecular weight is 378 g/mol. The SMILES string of the molecule is COc1ccccc1C(=O)C1CCCN(C(=O)Cn2nc3ccccc3n2)C1. The number of fused-ring (bicyclic) bond motifs is 1. The number of ether oxygens (including phenoxy) is 1. The van der Waals surface area contributed by atoms with Crippen molar-refractivity contribution in [3.05, 3.63) is 54.1 Å². The minimum atomic E-state index is -0.223. The van der Waals surface area contributed by atoms with E-state index in [1.54, 1.807) is 24.1 Å². The number of methoxy groups -OCH3 is 1. The third-order valence-electron chi connectivity index (χ3n) is 5.12. The molecule has 4 rings (SSSR count). The monoisotopic (exact) mass is 378 g/mol. The first kappa shape index (κ1) is 18.2. The van der Waals surface area contributed by atoms with Crippen LogP contribution in [-0.4, -0.2) is 51.8 Å². The summed E-state index contributed by atoms with van der Waals surface area (Å²) < 4.78 is 5.32. The van der Waals surface area contributed by atoms with Crippen molar-refractivity contribution >= 4 is 22.7 Å². The van der Waals surface area contributed by atoms with Crippen LogP contribution in [0.4, 0.5) is 0 Å². The van der Waals surface area contributed by atoms with Gasteiger partial charge in [-0.15, -0.1) is 0 Å². The molecule has 1 aromatic heterocycles. The van der Waals surface area contributed by atoms with Crippen LogP contribution < -0.4 is 4.74 Å². The molecule has 1 aliphatic rings. The summed E-state index contributed by atoms with van der Waals surface area (Å²) in [6.07, 6.45) is 1.57. The fourth-order valence-electron chi connectivity index (χ4n) is 3.68. The number of ketones is 1. The van der Waals surface area contributed by atoms with Crippen molar-refractivity contribution in [2.75, 3.05) is 20.2 Å². The van der Waals surface area contributed by atoms with Crippen molar-refractivity contribution in [2.45, 2.75) is 19.4 Å². The molecule has 1 fully saturated rings. The van der Waals surface area contributed by atoms with Gasteiger partial charge in [-0.1, -0.05) is 24.3 Å². The van der Waals surface area contributed by atoms with Gasteiger partial charge >= 0.3 is 0 Å². The van der Waals surface area contributed by atoms with Gasteiger partial charge in [-0.25, -0.2) is 0 Å². The number of hydrogen-bond donors (Lipinski definition) is 0. The van der Waals surface area contributed by atoms with E-state index in [4.69, 9.17) is 4.74 Å². The number of amides is 1. The maximum absolute atomic E-state index is 13.0. The van der Waals surface area contributed by atoms with Crippen molar-refractivity contribution in [1.29, 1.82) is 0 Å². The van der Waals surface area contributed by atoms with Crippen molar-refractivity contribution in [1.82, 2.24) is 19.9 Å². The molecule has 0 spiro atoms. The number of likely N-dealkylation sites (tertiary alicyclic amines) is 1. The fourth-order valence-corrected chi connectivity index (χ4v) is 3.68. The predicted octanol–water partition coefficient (Wildman–Crippen LogP) is 2.56. The molecule has 1 aliphatic heterocycles. The second-order valence-electron chi connectivity index (χ2n) is 6.96. The Morgan fingerprint density at radius 1 is 1.07 bits per heavy atom. The van der Waals surface area contributed by atoms with E-state index in [1.165, 1.54) is 4.80 Å². The number of carbonyl (C=O) groups is 2. The van der Waals surface area contributed by atoms with Crippen LogP contribution >= 0.6 is 0 Å². The molecule has 7 heteroatoms. The van der Waals surface area contributed by atoms with Crippen LogP contribution in [0.15, 0.2) is 48.5 Å². The number of Topliss-reactive ketones (excluding diaryl/α,β-unsaturated/α-hetero) is 1. The van der Waals surface area contributed by atoms with Crippen molar-refractivity contribution in [3.63, 3.8) is 0 Å². The number of aromatic nitrogens is 3. The van der Waals surface area contributed by atoms with Crippen LogP contribution in [0.5, 0.6) is 5.75 Å². The lowest BCUT2D eigenvalue weighted by molar-refractivity contribution is -0.133. The summed E-state index contributed by atoms with van der Waals surface area (Å²) in [5, 5.41) is 8.69. The number of carbonyl (C=O) groups excluding carboxylic acids is 2. The van der Waals surface area contributed by atoms with Crippen molar-refractivity contribution in [2.24, 2.45) is 5.92 Å². The molecule has 1 atom stereocenters. The molecule has 1 unspecified atom stereocenters. The highest BCUT2D eigenvalue weighted by Gasteiger charge is 2.30. The van der Waals surface area contributed by atoms with Crippen LogP contribution in [0.3, 0.4) is 0 Å². The van der Waals surface area contributed by atoms with E-state index < -0.39 is 0 Å². The standard InChI is InChI=1S/C21H22N4O3/c1-28-19-11-5-2-8-16(19)21(27)15-7-6-12-24(13-15)20(26)14-25-22-17-9-3-4-10-18(17)23-25/h2-5,8-11,15H,6-7,12-14H2,1H3. The molecular weight excluding hydrogens is 356 g/mol. The third-order valence-corrected chi connectivity index (χ3v) is 5.12. The second kappa shape index (κ2) is 7.80. The molecule has 28 heavy (non-hydrogen) atoms. The maximum atomic E-state index is 13.0. The Labute approximate surface area is 162 Å². The van der Waals surface area contributed by atoms with Gasteiger partial charge in [0.25, 0.3) is 0 Å². The first-order valence-electron chi connectivity index (χ1n) is 9.40. The molecule has 0 aliphatic carbocycles. The number of benzene rings is 2. The summed E-state index contributed by atoms with van der Waals surface area (Å²) in [6.45, 7) is 1.13. The van der Waals surface area contributed by atoms with Crippen LogP contribution in [0.1, 0.15) is 23.2 Å². The Hall–Kier alpha value is -3.22. The van der Waals surface area contributed by atoms with Gasteiger partial charge in [0, 0.05) is 19.0 Å². The second-order valence-corrected chi connectivity index (χ2v) is 6.96. The van der Waals surface area contributed by atoms with Crippen LogP contribution in [-0.2, 0) is 11.3 Å². The first-order chi connectivity index (χ1) is 13.7. The molecule has 2 heterocycles. The highest BCUT2D eigenvalue weighted by atomic mass is 16.5. The molecule has 0 radical (unpaired) electrons. The Morgan fingerprint density at radius 2 is 1.75 bits per heavy atom. The van der Waals surface area contributed by atoms with Crippen LogP contribution in [0.2, 0.25) is 0 Å². The third kappa shape index (κ3) is 3.60. The first-order valence-corrected chi connectivity index (χ1v) is 9.40. The average Bonchev–Trinajstić information content (AvgIpc) is 3.15. The van der Waals surface area contributed by atoms with Gasteiger partial charge in [0.2, 0.25) is 5.91 Å². The van der Waals surface area contributed by atoms with Gasteiger partial charge < -0.3 is 9.64 Å². The summed E-state index contributed by atoms with van der Waals surface area (Å²) >= 11 is 0. The molecule has 0 bridgehead atoms. The maximum Gasteiger partial charge on any atom is 0.246 e. The van der Waals surface area contributed by atoms with E-state index in [-0.39, 0.29) is 24.2 Å². The zero-order chi connectivity index (χ0) is 19.5.